The van der Waals surface area contributed by atoms with Crippen LogP contribution in [0.4, 0.5) is 10.1 Å². The number of sulfonamides is 1. The van der Waals surface area contributed by atoms with Crippen molar-refractivity contribution in [2.24, 2.45) is 0 Å². The van der Waals surface area contributed by atoms with Crippen LogP contribution < -0.4 is 10.0 Å². The Hall–Kier alpha value is -3.23. The van der Waals surface area contributed by atoms with Gasteiger partial charge >= 0.3 is 0 Å². The third-order valence-electron chi connectivity index (χ3n) is 5.54. The first-order chi connectivity index (χ1) is 15.7. The molecule has 172 valence electrons. The SMILES string of the molecule is Cc1cc(C)c(S(=O)(=O)NCC(C)Nc2cccc3c2cnn3-c2ccc(F)cc2)c(C)c1. The summed E-state index contributed by atoms with van der Waals surface area (Å²) in [7, 11) is -3.64. The normalized spacial score (nSPS) is 12.8. The largest absolute Gasteiger partial charge is 0.381 e. The van der Waals surface area contributed by atoms with E-state index in [-0.39, 0.29) is 18.4 Å². The van der Waals surface area contributed by atoms with E-state index in [9.17, 15) is 12.8 Å². The van der Waals surface area contributed by atoms with Gasteiger partial charge in [-0.05, 0) is 75.2 Å². The Balaban J connectivity index is 1.52. The minimum atomic E-state index is -3.64. The number of nitrogens with one attached hydrogen (secondary N) is 2. The van der Waals surface area contributed by atoms with Gasteiger partial charge in [0.05, 0.1) is 22.3 Å². The van der Waals surface area contributed by atoms with Crippen LogP contribution in [0.5, 0.6) is 0 Å². The Labute approximate surface area is 193 Å². The Morgan fingerprint density at radius 2 is 1.70 bits per heavy atom. The van der Waals surface area contributed by atoms with Crippen molar-refractivity contribution in [2.75, 3.05) is 11.9 Å². The van der Waals surface area contributed by atoms with Crippen LogP contribution in [0.2, 0.25) is 0 Å². The molecule has 2 N–H and O–H groups in total. The Morgan fingerprint density at radius 3 is 2.36 bits per heavy atom. The maximum Gasteiger partial charge on any atom is 0.241 e. The van der Waals surface area contributed by atoms with Gasteiger partial charge in [-0.1, -0.05) is 23.8 Å². The van der Waals surface area contributed by atoms with Crippen molar-refractivity contribution in [3.8, 4) is 5.69 Å². The number of aromatic nitrogens is 2. The molecular weight excluding hydrogens is 439 g/mol. The van der Waals surface area contributed by atoms with Gasteiger partial charge in [0.25, 0.3) is 0 Å². The van der Waals surface area contributed by atoms with E-state index in [0.717, 1.165) is 39.0 Å². The van der Waals surface area contributed by atoms with E-state index in [1.165, 1.54) is 12.1 Å². The summed E-state index contributed by atoms with van der Waals surface area (Å²) >= 11 is 0. The topological polar surface area (TPSA) is 76.0 Å². The lowest BCUT2D eigenvalue weighted by atomic mass is 10.1. The molecule has 1 heterocycles. The Bertz CT molecular complexity index is 1390. The van der Waals surface area contributed by atoms with E-state index >= 15 is 0 Å². The van der Waals surface area contributed by atoms with Crippen molar-refractivity contribution >= 4 is 26.6 Å². The minimum Gasteiger partial charge on any atom is -0.381 e. The molecule has 1 unspecified atom stereocenters. The lowest BCUT2D eigenvalue weighted by Gasteiger charge is -2.18. The number of fused-ring (bicyclic) bond motifs is 1. The first kappa shape index (κ1) is 22.9. The summed E-state index contributed by atoms with van der Waals surface area (Å²) in [5.41, 5.74) is 4.97. The molecular formula is C25H27FN4O2S. The molecule has 1 aromatic heterocycles. The highest BCUT2D eigenvalue weighted by molar-refractivity contribution is 7.89. The van der Waals surface area contributed by atoms with E-state index in [0.29, 0.717) is 4.90 Å². The van der Waals surface area contributed by atoms with Crippen molar-refractivity contribution in [3.63, 3.8) is 0 Å². The highest BCUT2D eigenvalue weighted by Crippen LogP contribution is 2.26. The van der Waals surface area contributed by atoms with E-state index in [2.05, 4.69) is 15.1 Å². The summed E-state index contributed by atoms with van der Waals surface area (Å²) in [4.78, 5) is 0.336. The maximum atomic E-state index is 13.3. The predicted molar refractivity (Wildman–Crippen MR) is 130 cm³/mol. The molecule has 4 rings (SSSR count). The molecule has 0 bridgehead atoms. The predicted octanol–water partition coefficient (Wildman–Crippen LogP) is 4.87. The summed E-state index contributed by atoms with van der Waals surface area (Å²) < 4.78 is 43.7. The van der Waals surface area contributed by atoms with Crippen LogP contribution in [0.1, 0.15) is 23.6 Å². The number of anilines is 1. The number of hydrogen-bond acceptors (Lipinski definition) is 4. The molecule has 0 fully saturated rings. The fraction of sp³-hybridized carbons (Fsp3) is 0.240. The summed E-state index contributed by atoms with van der Waals surface area (Å²) in [5.74, 6) is -0.301. The summed E-state index contributed by atoms with van der Waals surface area (Å²) in [6.07, 6.45) is 1.75. The van der Waals surface area contributed by atoms with Gasteiger partial charge in [-0.3, -0.25) is 0 Å². The monoisotopic (exact) mass is 466 g/mol. The standard InChI is InChI=1S/C25H27FN4O2S/c1-16-12-17(2)25(18(3)13-16)33(31,32)28-14-19(4)29-23-6-5-7-24-22(23)15-27-30(24)21-10-8-20(26)9-11-21/h5-13,15,19,28-29H,14H2,1-4H3. The van der Waals surface area contributed by atoms with Gasteiger partial charge in [0.1, 0.15) is 5.82 Å². The molecule has 6 nitrogen and oxygen atoms in total. The molecule has 33 heavy (non-hydrogen) atoms. The quantitative estimate of drug-likeness (QED) is 0.408. The average Bonchev–Trinajstić information content (AvgIpc) is 3.17. The van der Waals surface area contributed by atoms with Gasteiger partial charge in [0.2, 0.25) is 10.0 Å². The highest BCUT2D eigenvalue weighted by atomic mass is 32.2. The van der Waals surface area contributed by atoms with Crippen LogP contribution in [-0.2, 0) is 10.0 Å². The lowest BCUT2D eigenvalue weighted by molar-refractivity contribution is 0.576. The third-order valence-corrected chi connectivity index (χ3v) is 7.27. The molecule has 0 aliphatic carbocycles. The molecule has 4 aromatic rings. The molecule has 0 spiro atoms. The molecule has 0 aliphatic heterocycles. The number of benzene rings is 3. The van der Waals surface area contributed by atoms with Crippen LogP contribution in [-0.4, -0.2) is 30.8 Å². The summed E-state index contributed by atoms with van der Waals surface area (Å²) in [6, 6.07) is 15.5. The number of hydrogen-bond donors (Lipinski definition) is 2. The zero-order valence-corrected chi connectivity index (χ0v) is 19.9. The molecule has 0 radical (unpaired) electrons. The molecule has 8 heteroatoms. The highest BCUT2D eigenvalue weighted by Gasteiger charge is 2.20. The van der Waals surface area contributed by atoms with Crippen molar-refractivity contribution in [3.05, 3.63) is 83.3 Å². The number of nitrogens with zero attached hydrogens (tertiary/aromatic N) is 2. The molecule has 3 aromatic carbocycles. The molecule has 0 amide bonds. The average molecular weight is 467 g/mol. The molecule has 0 aliphatic rings. The van der Waals surface area contributed by atoms with E-state index in [1.807, 2.05) is 58.0 Å². The van der Waals surface area contributed by atoms with Crippen LogP contribution in [0.3, 0.4) is 0 Å². The van der Waals surface area contributed by atoms with Crippen LogP contribution in [0, 0.1) is 26.6 Å². The van der Waals surface area contributed by atoms with Gasteiger partial charge < -0.3 is 5.32 Å². The van der Waals surface area contributed by atoms with Crippen LogP contribution in [0.15, 0.2) is 65.7 Å². The second kappa shape index (κ2) is 8.96. The number of halogens is 1. The second-order valence-electron chi connectivity index (χ2n) is 8.40. The molecule has 1 atom stereocenters. The van der Waals surface area contributed by atoms with E-state index in [1.54, 1.807) is 23.0 Å². The fourth-order valence-electron chi connectivity index (χ4n) is 4.18. The molecule has 0 saturated carbocycles. The first-order valence-corrected chi connectivity index (χ1v) is 12.2. The van der Waals surface area contributed by atoms with Crippen molar-refractivity contribution in [1.29, 1.82) is 0 Å². The van der Waals surface area contributed by atoms with E-state index < -0.39 is 10.0 Å². The smallest absolute Gasteiger partial charge is 0.241 e. The lowest BCUT2D eigenvalue weighted by Crippen LogP contribution is -2.35. The second-order valence-corrected chi connectivity index (χ2v) is 10.1. The Kier molecular flexibility index (Phi) is 6.23. The minimum absolute atomic E-state index is 0.175. The van der Waals surface area contributed by atoms with Gasteiger partial charge in [-0.25, -0.2) is 22.2 Å². The van der Waals surface area contributed by atoms with Gasteiger partial charge in [0, 0.05) is 23.7 Å². The van der Waals surface area contributed by atoms with E-state index in [4.69, 9.17) is 0 Å². The Morgan fingerprint density at radius 1 is 1.03 bits per heavy atom. The number of rotatable bonds is 7. The van der Waals surface area contributed by atoms with Crippen LogP contribution in [0.25, 0.3) is 16.6 Å². The number of aryl methyl sites for hydroxylation is 3. The van der Waals surface area contributed by atoms with Gasteiger partial charge in [-0.15, -0.1) is 0 Å². The van der Waals surface area contributed by atoms with Crippen LogP contribution >= 0.6 is 0 Å². The zero-order valence-electron chi connectivity index (χ0n) is 19.1. The van der Waals surface area contributed by atoms with Crippen molar-refractivity contribution in [2.45, 2.75) is 38.6 Å². The molecule has 0 saturated heterocycles. The van der Waals surface area contributed by atoms with Crippen molar-refractivity contribution < 1.29 is 12.8 Å². The van der Waals surface area contributed by atoms with Gasteiger partial charge in [0.15, 0.2) is 0 Å². The van der Waals surface area contributed by atoms with Gasteiger partial charge in [-0.2, -0.15) is 5.10 Å². The maximum absolute atomic E-state index is 13.3. The summed E-state index contributed by atoms with van der Waals surface area (Å²) in [5, 5.41) is 8.73. The third kappa shape index (κ3) is 4.77. The fourth-order valence-corrected chi connectivity index (χ4v) is 5.76. The summed E-state index contributed by atoms with van der Waals surface area (Å²) in [6.45, 7) is 7.72. The first-order valence-electron chi connectivity index (χ1n) is 10.7. The zero-order chi connectivity index (χ0) is 23.8. The van der Waals surface area contributed by atoms with Crippen molar-refractivity contribution in [1.82, 2.24) is 14.5 Å².